The molecule has 7 N–H and O–H groups in total. The van der Waals surface area contributed by atoms with Gasteiger partial charge in [0.25, 0.3) is 0 Å². The summed E-state index contributed by atoms with van der Waals surface area (Å²) in [6.07, 6.45) is 12.1. The molecule has 510 valence electrons. The monoisotopic (exact) mass is 1420 g/mol. The van der Waals surface area contributed by atoms with Crippen LogP contribution in [-0.2, 0) is 30.0 Å². The summed E-state index contributed by atoms with van der Waals surface area (Å²) in [7, 11) is 0. The highest BCUT2D eigenvalue weighted by molar-refractivity contribution is 7.78. The van der Waals surface area contributed by atoms with Crippen molar-refractivity contribution in [3.05, 3.63) is 153 Å². The van der Waals surface area contributed by atoms with Gasteiger partial charge >= 0.3 is 23.9 Å². The van der Waals surface area contributed by atoms with Gasteiger partial charge in [-0.25, -0.2) is 4.40 Å². The van der Waals surface area contributed by atoms with Crippen LogP contribution in [0.3, 0.4) is 0 Å². The van der Waals surface area contributed by atoms with E-state index >= 15 is 0 Å². The number of hydrogen-bond donors (Lipinski definition) is 8. The van der Waals surface area contributed by atoms with Crippen molar-refractivity contribution < 1.29 is 58.6 Å². The summed E-state index contributed by atoms with van der Waals surface area (Å²) in [5.41, 5.74) is 14.3. The molecule has 4 aromatic heterocycles. The Morgan fingerprint density at radius 3 is 1.17 bits per heavy atom. The van der Waals surface area contributed by atoms with Gasteiger partial charge in [0, 0.05) is 47.6 Å². The molecule has 21 heteroatoms. The molecule has 0 saturated carbocycles. The summed E-state index contributed by atoms with van der Waals surface area (Å²) in [4.78, 5) is 59.7. The molecule has 3 aliphatic heterocycles. The molecule has 16 nitrogen and oxygen atoms in total. The van der Waals surface area contributed by atoms with Crippen molar-refractivity contribution in [2.24, 2.45) is 4.40 Å². The van der Waals surface area contributed by atoms with E-state index in [0.29, 0.717) is 94.2 Å². The first-order valence-electron chi connectivity index (χ1n) is 34.2. The average Bonchev–Trinajstić information content (AvgIpc) is 1.64. The minimum Gasteiger partial charge on any atom is -0.485 e. The Morgan fingerprint density at radius 1 is 0.434 bits per heavy atom. The predicted molar refractivity (Wildman–Crippen MR) is 394 cm³/mol. The number of thiophene rings is 4. The van der Waals surface area contributed by atoms with E-state index in [-0.39, 0.29) is 49.6 Å². The van der Waals surface area contributed by atoms with Gasteiger partial charge in [0.2, 0.25) is 0 Å². The minimum absolute atomic E-state index is 0.0874. The number of carbonyl (C=O) groups is 4. The molecular formula is C78H76N4O12S5. The number of nitrogens with zero attached hydrogens (tertiary/aromatic N) is 1. The van der Waals surface area contributed by atoms with Crippen LogP contribution in [0.15, 0.2) is 124 Å². The Morgan fingerprint density at radius 2 is 0.798 bits per heavy atom. The maximum absolute atomic E-state index is 11.7. The Kier molecular flexibility index (Phi) is 19.9. The molecular weight excluding hydrogens is 1350 g/mol. The lowest BCUT2D eigenvalue weighted by atomic mass is 9.70. The second-order valence-corrected chi connectivity index (χ2v) is 30.2. The maximum atomic E-state index is 11.7. The van der Waals surface area contributed by atoms with Crippen LogP contribution in [0.4, 0.5) is 0 Å². The molecule has 0 unspecified atom stereocenters. The van der Waals surface area contributed by atoms with Crippen LogP contribution in [0.25, 0.3) is 96.5 Å². The zero-order valence-corrected chi connectivity index (χ0v) is 58.8. The van der Waals surface area contributed by atoms with Gasteiger partial charge in [0.15, 0.2) is 23.0 Å². The van der Waals surface area contributed by atoms with Gasteiger partial charge in [-0.05, 0) is 155 Å². The SMILES string of the molecule is N=c1c(-c2sc(-c3ccc4c(c3)C(CCCCCC(=O)O)(CCCCCC(=O)O)c3ccccc3-4)c3c2OCCO3)c2[nH]c(-c3cccs3)c(-c3cccs3)[nH]c-2c(-c2sc(-c3ccc4c(c3)C(CCCCCC(=O)O)(CCCCCC(=O)O)c3ccccc3-4)c3c2OCCO3)c1=NS. The van der Waals surface area contributed by atoms with Gasteiger partial charge in [0.1, 0.15) is 31.8 Å². The zero-order chi connectivity index (χ0) is 68.4. The molecule has 0 atom stereocenters. The number of aromatic nitrogens is 2. The molecule has 0 spiro atoms. The number of benzene rings is 5. The first-order chi connectivity index (χ1) is 48.3. The van der Waals surface area contributed by atoms with E-state index in [1.54, 1.807) is 22.7 Å². The van der Waals surface area contributed by atoms with E-state index in [9.17, 15) is 45.0 Å². The highest BCUT2D eigenvalue weighted by Crippen LogP contribution is 2.62. The van der Waals surface area contributed by atoms with E-state index in [1.807, 2.05) is 12.1 Å². The molecule has 0 radical (unpaired) electrons. The third-order valence-corrected chi connectivity index (χ3v) is 24.6. The number of carboxylic acid groups (broad SMARTS) is 4. The topological polar surface area (TPSA) is 254 Å². The number of thiol groups is 1. The van der Waals surface area contributed by atoms with Gasteiger partial charge in [-0.2, -0.15) is 0 Å². The molecule has 0 saturated heterocycles. The van der Waals surface area contributed by atoms with Crippen LogP contribution in [0, 0.1) is 5.41 Å². The van der Waals surface area contributed by atoms with Crippen molar-refractivity contribution in [3.63, 3.8) is 0 Å². The van der Waals surface area contributed by atoms with E-state index < -0.39 is 34.7 Å². The lowest BCUT2D eigenvalue weighted by molar-refractivity contribution is -0.138. The lowest BCUT2D eigenvalue weighted by Gasteiger charge is -2.33. The molecule has 0 amide bonds. The summed E-state index contributed by atoms with van der Waals surface area (Å²) < 4.78 is 32.0. The fourth-order valence-corrected chi connectivity index (χ4v) is 19.9. The van der Waals surface area contributed by atoms with Gasteiger partial charge in [-0.3, -0.25) is 24.6 Å². The summed E-state index contributed by atoms with van der Waals surface area (Å²) in [6.45, 7) is 1.15. The van der Waals surface area contributed by atoms with Crippen LogP contribution >= 0.6 is 58.2 Å². The van der Waals surface area contributed by atoms with E-state index in [2.05, 4.69) is 118 Å². The quantitative estimate of drug-likeness (QED) is 0.0155. The smallest absolute Gasteiger partial charge is 0.303 e. The number of nitrogens with one attached hydrogen (secondary N) is 3. The van der Waals surface area contributed by atoms with Crippen LogP contribution < -0.4 is 29.7 Å². The highest BCUT2D eigenvalue weighted by atomic mass is 32.1. The fraction of sp³-hybridized carbons (Fsp3) is 0.333. The van der Waals surface area contributed by atoms with Crippen molar-refractivity contribution in [1.29, 1.82) is 5.41 Å². The zero-order valence-electron chi connectivity index (χ0n) is 54.6. The minimum atomic E-state index is -0.807. The molecule has 3 aliphatic carbocycles. The lowest BCUT2D eigenvalue weighted by Crippen LogP contribution is -2.31. The van der Waals surface area contributed by atoms with E-state index in [0.717, 1.165) is 141 Å². The standard InChI is InChI=1S/C78H76N4O12S5/c79-63-61(75-71-69(91-37-39-93-71)73(98-75)45-29-31-49-47-19-9-11-21-51(47)77(53(49)43-45,33-13-1-5-25-57(83)84)34-14-2-6-26-58(85)86)67-68(81-65(56-24-18-42-97-56)64(80-67)55-23-17-41-96-55)62(66(63)82-95)76-72-70(92-38-40-94-72)74(99-76)46-30-32-50-48-20-10-12-22-52(48)78(54(50)44-46,35-15-3-7-27-59(87)88)36-16-4-8-28-60(89)90/h9-12,17-24,29-32,41-44,79-81,95H,1-8,13-16,25-28,33-40H2,(H,83,84)(H,85,86)(H,87,88)(H,89,90). The van der Waals surface area contributed by atoms with Crippen LogP contribution in [0.2, 0.25) is 0 Å². The molecule has 6 aliphatic rings. The molecule has 0 fully saturated rings. The summed E-state index contributed by atoms with van der Waals surface area (Å²) in [5, 5.41) is 53.6. The largest absolute Gasteiger partial charge is 0.485 e. The normalized spacial score (nSPS) is 14.5. The Labute approximate surface area is 594 Å². The molecule has 7 heterocycles. The molecule has 14 rings (SSSR count). The highest BCUT2D eigenvalue weighted by Gasteiger charge is 2.45. The second-order valence-electron chi connectivity index (χ2n) is 26.1. The number of rotatable bonds is 30. The number of carboxylic acids is 4. The number of unbranched alkanes of at least 4 members (excludes halogenated alkanes) is 8. The fourth-order valence-electron chi connectivity index (χ4n) is 15.8. The summed E-state index contributed by atoms with van der Waals surface area (Å²) in [6, 6.07) is 38.7. The third-order valence-electron chi connectivity index (χ3n) is 20.1. The second kappa shape index (κ2) is 29.2. The Hall–Kier alpha value is -8.73. The predicted octanol–water partition coefficient (Wildman–Crippen LogP) is 19.1. The number of hydrogen-bond acceptors (Lipinski definition) is 15. The van der Waals surface area contributed by atoms with E-state index in [1.165, 1.54) is 44.9 Å². The van der Waals surface area contributed by atoms with E-state index in [4.69, 9.17) is 36.2 Å². The van der Waals surface area contributed by atoms with Crippen molar-refractivity contribution in [2.75, 3.05) is 26.4 Å². The van der Waals surface area contributed by atoms with Crippen LogP contribution in [-0.4, -0.2) is 80.7 Å². The number of H-pyrrole nitrogens is 2. The summed E-state index contributed by atoms with van der Waals surface area (Å²) >= 11 is 11.0. The molecule has 0 bridgehead atoms. The number of aliphatic carboxylic acids is 4. The van der Waals surface area contributed by atoms with Crippen molar-refractivity contribution in [1.82, 2.24) is 9.97 Å². The van der Waals surface area contributed by atoms with Gasteiger partial charge in [-0.15, -0.1) is 45.3 Å². The third kappa shape index (κ3) is 12.9. The van der Waals surface area contributed by atoms with Gasteiger partial charge in [0.05, 0.1) is 57.4 Å². The first kappa shape index (κ1) is 67.5. The molecule has 4 aromatic carbocycles. The van der Waals surface area contributed by atoms with Crippen molar-refractivity contribution in [2.45, 2.75) is 139 Å². The maximum Gasteiger partial charge on any atom is 0.303 e. The van der Waals surface area contributed by atoms with Gasteiger partial charge in [-0.1, -0.05) is 136 Å². The first-order valence-corrected chi connectivity index (χ1v) is 38.0. The van der Waals surface area contributed by atoms with Crippen molar-refractivity contribution in [3.8, 4) is 120 Å². The molecule has 8 aromatic rings. The van der Waals surface area contributed by atoms with Crippen LogP contribution in [0.1, 0.15) is 151 Å². The Bertz CT molecular complexity index is 4760. The summed E-state index contributed by atoms with van der Waals surface area (Å²) in [5.74, 6) is -1.04. The number of fused-ring (bicyclic) bond motifs is 9. The van der Waals surface area contributed by atoms with Gasteiger partial charge < -0.3 is 49.3 Å². The van der Waals surface area contributed by atoms with Crippen LogP contribution in [0.5, 0.6) is 23.0 Å². The Balaban J connectivity index is 0.943. The number of aromatic amines is 2. The number of ether oxygens (including phenoxy) is 4. The average molecular weight is 1420 g/mol. The van der Waals surface area contributed by atoms with Crippen molar-refractivity contribution >= 4 is 82.0 Å². The molecule has 99 heavy (non-hydrogen) atoms.